The first-order valence-electron chi connectivity index (χ1n) is 13.8. The lowest BCUT2D eigenvalue weighted by Gasteiger charge is -2.24. The van der Waals surface area contributed by atoms with Gasteiger partial charge in [-0.05, 0) is 68.8 Å². The van der Waals surface area contributed by atoms with E-state index in [1.54, 1.807) is 30.9 Å². The van der Waals surface area contributed by atoms with Crippen LogP contribution >= 0.6 is 11.8 Å². The number of aliphatic hydroxyl groups is 1. The van der Waals surface area contributed by atoms with Gasteiger partial charge in [0.25, 0.3) is 0 Å². The van der Waals surface area contributed by atoms with E-state index in [1.807, 2.05) is 62.4 Å². The van der Waals surface area contributed by atoms with E-state index in [4.69, 9.17) is 29.0 Å². The number of carbonyl (C=O) groups excluding carboxylic acids is 1. The van der Waals surface area contributed by atoms with E-state index in [0.717, 1.165) is 51.3 Å². The van der Waals surface area contributed by atoms with E-state index in [-0.39, 0.29) is 25.3 Å². The van der Waals surface area contributed by atoms with Crippen molar-refractivity contribution in [3.8, 4) is 34.0 Å². The first kappa shape index (κ1) is 32.3. The molecule has 10 nitrogen and oxygen atoms in total. The summed E-state index contributed by atoms with van der Waals surface area (Å²) in [4.78, 5) is 22.6. The molecule has 0 bridgehead atoms. The lowest BCUT2D eigenvalue weighted by Crippen LogP contribution is -2.45. The third kappa shape index (κ3) is 10.6. The summed E-state index contributed by atoms with van der Waals surface area (Å²) in [6.45, 7) is 6.33. The molecule has 0 aliphatic heterocycles. The maximum atomic E-state index is 12.5. The second kappa shape index (κ2) is 17.5. The Bertz CT molecular complexity index is 1110. The third-order valence-corrected chi connectivity index (χ3v) is 7.00. The van der Waals surface area contributed by atoms with E-state index in [9.17, 15) is 4.79 Å². The molecule has 1 aromatic heterocycles. The van der Waals surface area contributed by atoms with E-state index >= 15 is 0 Å². The number of hydrogen-bond acceptors (Lipinski definition) is 8. The zero-order valence-corrected chi connectivity index (χ0v) is 25.2. The van der Waals surface area contributed by atoms with Gasteiger partial charge in [0, 0.05) is 42.6 Å². The monoisotopic (exact) mass is 586 g/mol. The number of thioether (sulfide) groups is 1. The largest absolute Gasteiger partial charge is 0.497 e. The molecule has 0 saturated heterocycles. The fraction of sp³-hybridized carbons (Fsp3) is 0.467. The summed E-state index contributed by atoms with van der Waals surface area (Å²) in [5, 5.41) is 12.6. The van der Waals surface area contributed by atoms with Gasteiger partial charge in [0.15, 0.2) is 5.16 Å². The number of nitrogens with one attached hydrogen (secondary N) is 2. The molecule has 3 aromatic rings. The Labute approximate surface area is 246 Å². The summed E-state index contributed by atoms with van der Waals surface area (Å²) >= 11 is 1.64. The minimum Gasteiger partial charge on any atom is -0.497 e. The van der Waals surface area contributed by atoms with Crippen molar-refractivity contribution in [1.82, 2.24) is 20.2 Å². The lowest BCUT2D eigenvalue weighted by atomic mass is 10.0. The number of ether oxygens (including phenoxy) is 4. The van der Waals surface area contributed by atoms with Crippen LogP contribution in [0.1, 0.15) is 20.3 Å². The number of aliphatic hydroxyl groups excluding tert-OH is 1. The van der Waals surface area contributed by atoms with E-state index in [2.05, 4.69) is 10.3 Å². The van der Waals surface area contributed by atoms with Crippen LogP contribution in [0.2, 0.25) is 0 Å². The molecule has 0 fully saturated rings. The van der Waals surface area contributed by atoms with Crippen LogP contribution in [0.25, 0.3) is 22.5 Å². The van der Waals surface area contributed by atoms with Gasteiger partial charge < -0.3 is 39.3 Å². The first-order valence-corrected chi connectivity index (χ1v) is 14.8. The Kier molecular flexibility index (Phi) is 13.8. The molecule has 11 heteroatoms. The minimum atomic E-state index is -0.148. The number of aromatic amines is 1. The van der Waals surface area contributed by atoms with Crippen molar-refractivity contribution in [1.29, 1.82) is 0 Å². The number of rotatable bonds is 18. The zero-order chi connectivity index (χ0) is 29.5. The standard InChI is InChI=1S/C30H42N4O6S/c1-22(2)31-30(36)34(15-19-40-20-16-35)14-18-39-17-5-21-41-29-32-27(23-6-10-25(37-3)11-7-23)28(33-29)24-8-12-26(38-4)13-9-24/h6-13,22,35H,5,14-21H2,1-4H3,(H,31,36)(H,32,33). The highest BCUT2D eigenvalue weighted by Gasteiger charge is 2.16. The SMILES string of the molecule is COc1ccc(-c2nc(SCCCOCCN(CCOCCO)C(=O)NC(C)C)[nH]c2-c2ccc(OC)cc2)cc1. The van der Waals surface area contributed by atoms with Crippen LogP contribution in [0.5, 0.6) is 11.5 Å². The van der Waals surface area contributed by atoms with Gasteiger partial charge >= 0.3 is 6.03 Å². The molecule has 1 heterocycles. The molecule has 0 spiro atoms. The van der Waals surface area contributed by atoms with Gasteiger partial charge in [-0.3, -0.25) is 0 Å². The van der Waals surface area contributed by atoms with Gasteiger partial charge in [-0.1, -0.05) is 11.8 Å². The molecule has 3 rings (SSSR count). The number of H-pyrrole nitrogens is 1. The summed E-state index contributed by atoms with van der Waals surface area (Å²) in [7, 11) is 3.31. The van der Waals surface area contributed by atoms with Crippen molar-refractivity contribution in [2.24, 2.45) is 0 Å². The predicted molar refractivity (Wildman–Crippen MR) is 162 cm³/mol. The van der Waals surface area contributed by atoms with E-state index in [1.165, 1.54) is 0 Å². The zero-order valence-electron chi connectivity index (χ0n) is 24.4. The number of carbonyl (C=O) groups is 1. The molecule has 2 amide bonds. The Balaban J connectivity index is 1.53. The maximum Gasteiger partial charge on any atom is 0.317 e. The molecular weight excluding hydrogens is 544 g/mol. The predicted octanol–water partition coefficient (Wildman–Crippen LogP) is 4.69. The fourth-order valence-corrected chi connectivity index (χ4v) is 4.73. The van der Waals surface area contributed by atoms with Crippen molar-refractivity contribution in [3.05, 3.63) is 48.5 Å². The number of hydrogen-bond donors (Lipinski definition) is 3. The average molecular weight is 587 g/mol. The smallest absolute Gasteiger partial charge is 0.317 e. The molecule has 0 atom stereocenters. The number of methoxy groups -OCH3 is 2. The molecule has 0 aliphatic carbocycles. The number of amides is 2. The van der Waals surface area contributed by atoms with Crippen molar-refractivity contribution in [2.75, 3.05) is 66.1 Å². The highest BCUT2D eigenvalue weighted by atomic mass is 32.2. The highest BCUT2D eigenvalue weighted by Crippen LogP contribution is 2.34. The molecule has 41 heavy (non-hydrogen) atoms. The molecule has 0 unspecified atom stereocenters. The second-order valence-corrected chi connectivity index (χ2v) is 10.5. The van der Waals surface area contributed by atoms with Crippen molar-refractivity contribution in [2.45, 2.75) is 31.5 Å². The van der Waals surface area contributed by atoms with Crippen LogP contribution in [-0.4, -0.2) is 98.1 Å². The maximum absolute atomic E-state index is 12.5. The summed E-state index contributed by atoms with van der Waals surface area (Å²) < 4.78 is 21.8. The Morgan fingerprint density at radius 2 is 1.51 bits per heavy atom. The van der Waals surface area contributed by atoms with Crippen molar-refractivity contribution in [3.63, 3.8) is 0 Å². The van der Waals surface area contributed by atoms with Gasteiger partial charge in [-0.2, -0.15) is 0 Å². The van der Waals surface area contributed by atoms with Gasteiger partial charge in [0.1, 0.15) is 11.5 Å². The van der Waals surface area contributed by atoms with Gasteiger partial charge in [-0.25, -0.2) is 9.78 Å². The van der Waals surface area contributed by atoms with Gasteiger partial charge in [-0.15, -0.1) is 0 Å². The highest BCUT2D eigenvalue weighted by molar-refractivity contribution is 7.99. The average Bonchev–Trinajstić information content (AvgIpc) is 3.41. The number of aromatic nitrogens is 2. The Morgan fingerprint density at radius 1 is 0.927 bits per heavy atom. The fourth-order valence-electron chi connectivity index (χ4n) is 3.95. The molecule has 0 radical (unpaired) electrons. The number of imidazole rings is 1. The van der Waals surface area contributed by atoms with E-state index < -0.39 is 0 Å². The Morgan fingerprint density at radius 3 is 2.07 bits per heavy atom. The lowest BCUT2D eigenvalue weighted by molar-refractivity contribution is 0.0673. The normalized spacial score (nSPS) is 11.1. The molecule has 0 saturated carbocycles. The minimum absolute atomic E-state index is 0.0388. The quantitative estimate of drug-likeness (QED) is 0.145. The van der Waals surface area contributed by atoms with Crippen LogP contribution < -0.4 is 14.8 Å². The van der Waals surface area contributed by atoms with Crippen molar-refractivity contribution >= 4 is 17.8 Å². The third-order valence-electron chi connectivity index (χ3n) is 6.04. The van der Waals surface area contributed by atoms with E-state index in [0.29, 0.717) is 32.9 Å². The molecule has 3 N–H and O–H groups in total. The Hall–Kier alpha value is -3.25. The number of urea groups is 1. The summed E-state index contributed by atoms with van der Waals surface area (Å²) in [6, 6.07) is 15.7. The van der Waals surface area contributed by atoms with Crippen LogP contribution in [0.4, 0.5) is 4.79 Å². The molecule has 224 valence electrons. The van der Waals surface area contributed by atoms with Crippen LogP contribution in [0, 0.1) is 0 Å². The van der Waals surface area contributed by atoms with Crippen LogP contribution in [-0.2, 0) is 9.47 Å². The first-order chi connectivity index (χ1) is 19.9. The summed E-state index contributed by atoms with van der Waals surface area (Å²) in [5.41, 5.74) is 3.83. The summed E-state index contributed by atoms with van der Waals surface area (Å²) in [5.74, 6) is 2.42. The van der Waals surface area contributed by atoms with Crippen LogP contribution in [0.15, 0.2) is 53.7 Å². The molecular formula is C30H42N4O6S. The topological polar surface area (TPSA) is 118 Å². The van der Waals surface area contributed by atoms with Crippen LogP contribution in [0.3, 0.4) is 0 Å². The molecule has 2 aromatic carbocycles. The van der Waals surface area contributed by atoms with Gasteiger partial charge in [0.05, 0.1) is 52.0 Å². The van der Waals surface area contributed by atoms with Crippen molar-refractivity contribution < 1.29 is 28.8 Å². The second-order valence-electron chi connectivity index (χ2n) is 9.46. The molecule has 0 aliphatic rings. The number of benzene rings is 2. The number of nitrogens with zero attached hydrogens (tertiary/aromatic N) is 2. The van der Waals surface area contributed by atoms with Gasteiger partial charge in [0.2, 0.25) is 0 Å². The summed E-state index contributed by atoms with van der Waals surface area (Å²) in [6.07, 6.45) is 0.832.